The summed E-state index contributed by atoms with van der Waals surface area (Å²) in [6.45, 7) is 9.32. The van der Waals surface area contributed by atoms with Crippen LogP contribution in [0.1, 0.15) is 51.4 Å². The monoisotopic (exact) mass is 206 g/mol. The topological polar surface area (TPSA) is 54.5 Å². The molecule has 0 spiro atoms. The fraction of sp³-hybridized carbons (Fsp3) is 0.727. The number of hydrogen-bond acceptors (Lipinski definition) is 3. The van der Waals surface area contributed by atoms with Gasteiger partial charge in [0.15, 0.2) is 5.69 Å². The van der Waals surface area contributed by atoms with Gasteiger partial charge >= 0.3 is 0 Å². The first-order valence-corrected chi connectivity index (χ1v) is 5.39. The smallest absolute Gasteiger partial charge is 0.186 e. The number of aromatic nitrogens is 3. The van der Waals surface area contributed by atoms with Crippen molar-refractivity contribution in [1.29, 1.82) is 5.26 Å². The van der Waals surface area contributed by atoms with Crippen molar-refractivity contribution in [1.82, 2.24) is 15.0 Å². The Kier molecular flexibility index (Phi) is 3.84. The highest BCUT2D eigenvalue weighted by Gasteiger charge is 2.15. The number of rotatable bonds is 4. The highest BCUT2D eigenvalue weighted by atomic mass is 15.4. The molecule has 0 unspecified atom stereocenters. The molecule has 15 heavy (non-hydrogen) atoms. The second kappa shape index (κ2) is 4.92. The molecule has 0 N–H and O–H groups in total. The zero-order chi connectivity index (χ0) is 11.4. The van der Waals surface area contributed by atoms with Gasteiger partial charge in [-0.2, -0.15) is 5.26 Å². The van der Waals surface area contributed by atoms with Crippen molar-refractivity contribution in [2.24, 2.45) is 5.92 Å². The summed E-state index contributed by atoms with van der Waals surface area (Å²) in [5.74, 6) is 0.932. The van der Waals surface area contributed by atoms with Gasteiger partial charge in [-0.25, -0.2) is 4.68 Å². The van der Waals surface area contributed by atoms with E-state index in [4.69, 9.17) is 5.26 Å². The first kappa shape index (κ1) is 11.7. The SMILES string of the molecule is CC(C)CCn1nnc(C#N)c1C(C)C. The maximum atomic E-state index is 8.89. The van der Waals surface area contributed by atoms with Gasteiger partial charge in [0.1, 0.15) is 6.07 Å². The van der Waals surface area contributed by atoms with E-state index in [9.17, 15) is 0 Å². The lowest BCUT2D eigenvalue weighted by Gasteiger charge is -2.10. The fourth-order valence-electron chi connectivity index (χ4n) is 1.52. The average molecular weight is 206 g/mol. The molecule has 0 amide bonds. The minimum atomic E-state index is 0.293. The van der Waals surface area contributed by atoms with Crippen LogP contribution in [-0.4, -0.2) is 15.0 Å². The summed E-state index contributed by atoms with van der Waals surface area (Å²) in [5.41, 5.74) is 1.42. The molecule has 0 aliphatic heterocycles. The summed E-state index contributed by atoms with van der Waals surface area (Å²) >= 11 is 0. The second-order valence-electron chi connectivity index (χ2n) is 4.50. The van der Waals surface area contributed by atoms with Gasteiger partial charge in [-0.3, -0.25) is 0 Å². The molecule has 1 aromatic rings. The Hall–Kier alpha value is -1.37. The van der Waals surface area contributed by atoms with Crippen LogP contribution in [0.3, 0.4) is 0 Å². The highest BCUT2D eigenvalue weighted by Crippen LogP contribution is 2.17. The van der Waals surface area contributed by atoms with Gasteiger partial charge in [-0.1, -0.05) is 32.9 Å². The molecule has 0 aliphatic rings. The number of nitriles is 1. The third-order valence-corrected chi connectivity index (χ3v) is 2.34. The molecule has 1 aromatic heterocycles. The first-order valence-electron chi connectivity index (χ1n) is 5.39. The van der Waals surface area contributed by atoms with Gasteiger partial charge in [0, 0.05) is 6.54 Å². The molecule has 0 atom stereocenters. The molecular formula is C11H18N4. The zero-order valence-corrected chi connectivity index (χ0v) is 9.86. The van der Waals surface area contributed by atoms with E-state index in [1.54, 1.807) is 0 Å². The van der Waals surface area contributed by atoms with Crippen LogP contribution in [0.2, 0.25) is 0 Å². The number of hydrogen-bond donors (Lipinski definition) is 0. The van der Waals surface area contributed by atoms with Crippen LogP contribution in [0.25, 0.3) is 0 Å². The summed E-state index contributed by atoms with van der Waals surface area (Å²) in [6, 6.07) is 2.09. The molecule has 0 radical (unpaired) electrons. The van der Waals surface area contributed by atoms with Gasteiger partial charge in [0.25, 0.3) is 0 Å². The maximum Gasteiger partial charge on any atom is 0.186 e. The molecule has 0 aliphatic carbocycles. The van der Waals surface area contributed by atoms with Crippen molar-refractivity contribution in [3.8, 4) is 6.07 Å². The van der Waals surface area contributed by atoms with Crippen molar-refractivity contribution in [2.75, 3.05) is 0 Å². The van der Waals surface area contributed by atoms with E-state index in [0.717, 1.165) is 18.7 Å². The van der Waals surface area contributed by atoms with Gasteiger partial charge in [0.05, 0.1) is 5.69 Å². The zero-order valence-electron chi connectivity index (χ0n) is 9.86. The molecule has 0 saturated heterocycles. The molecule has 0 fully saturated rings. The van der Waals surface area contributed by atoms with Crippen molar-refractivity contribution >= 4 is 0 Å². The summed E-state index contributed by atoms with van der Waals surface area (Å²) < 4.78 is 1.86. The van der Waals surface area contributed by atoms with Crippen LogP contribution in [0.15, 0.2) is 0 Å². The molecule has 1 heterocycles. The quantitative estimate of drug-likeness (QED) is 0.759. The third-order valence-electron chi connectivity index (χ3n) is 2.34. The van der Waals surface area contributed by atoms with Gasteiger partial charge in [0.2, 0.25) is 0 Å². The van der Waals surface area contributed by atoms with Crippen molar-refractivity contribution < 1.29 is 0 Å². The third kappa shape index (κ3) is 2.79. The van der Waals surface area contributed by atoms with E-state index in [0.29, 0.717) is 17.5 Å². The van der Waals surface area contributed by atoms with E-state index in [1.165, 1.54) is 0 Å². The minimum Gasteiger partial charge on any atom is -0.248 e. The van der Waals surface area contributed by atoms with E-state index in [-0.39, 0.29) is 0 Å². The van der Waals surface area contributed by atoms with Crippen molar-refractivity contribution in [3.63, 3.8) is 0 Å². The average Bonchev–Trinajstić information content (AvgIpc) is 2.57. The Bertz CT molecular complexity index is 357. The summed E-state index contributed by atoms with van der Waals surface area (Å²) in [5, 5.41) is 16.8. The second-order valence-corrected chi connectivity index (χ2v) is 4.50. The van der Waals surface area contributed by atoms with Crippen LogP contribution in [0, 0.1) is 17.2 Å². The summed E-state index contributed by atoms with van der Waals surface area (Å²) in [4.78, 5) is 0. The lowest BCUT2D eigenvalue weighted by Crippen LogP contribution is -2.09. The molecule has 1 rings (SSSR count). The molecular weight excluding hydrogens is 188 g/mol. The van der Waals surface area contributed by atoms with Crippen LogP contribution >= 0.6 is 0 Å². The maximum absolute atomic E-state index is 8.89. The molecule has 0 aromatic carbocycles. The Morgan fingerprint density at radius 3 is 2.47 bits per heavy atom. The molecule has 82 valence electrons. The van der Waals surface area contributed by atoms with Crippen LogP contribution in [0.4, 0.5) is 0 Å². The number of aryl methyl sites for hydroxylation is 1. The van der Waals surface area contributed by atoms with Gasteiger partial charge in [-0.15, -0.1) is 5.10 Å². The standard InChI is InChI=1S/C11H18N4/c1-8(2)5-6-15-11(9(3)4)10(7-12)13-14-15/h8-9H,5-6H2,1-4H3. The van der Waals surface area contributed by atoms with Crippen molar-refractivity contribution in [3.05, 3.63) is 11.4 Å². The fourth-order valence-corrected chi connectivity index (χ4v) is 1.52. The molecule has 4 nitrogen and oxygen atoms in total. The lowest BCUT2D eigenvalue weighted by molar-refractivity contribution is 0.461. The first-order chi connectivity index (χ1) is 7.06. The summed E-state index contributed by atoms with van der Waals surface area (Å²) in [7, 11) is 0. The molecule has 0 saturated carbocycles. The van der Waals surface area contributed by atoms with Crippen LogP contribution in [-0.2, 0) is 6.54 Å². The van der Waals surface area contributed by atoms with Crippen LogP contribution in [0.5, 0.6) is 0 Å². The molecule has 0 bridgehead atoms. The summed E-state index contributed by atoms with van der Waals surface area (Å²) in [6.07, 6.45) is 1.06. The largest absolute Gasteiger partial charge is 0.248 e. The highest BCUT2D eigenvalue weighted by molar-refractivity contribution is 5.26. The van der Waals surface area contributed by atoms with E-state index in [2.05, 4.69) is 44.1 Å². The van der Waals surface area contributed by atoms with E-state index >= 15 is 0 Å². The number of nitrogens with zero attached hydrogens (tertiary/aromatic N) is 4. The Morgan fingerprint density at radius 1 is 1.33 bits per heavy atom. The normalized spacial score (nSPS) is 11.0. The predicted molar refractivity (Wildman–Crippen MR) is 58.3 cm³/mol. The Balaban J connectivity index is 2.89. The lowest BCUT2D eigenvalue weighted by atomic mass is 10.1. The van der Waals surface area contributed by atoms with Gasteiger partial charge < -0.3 is 0 Å². The Morgan fingerprint density at radius 2 is 2.00 bits per heavy atom. The minimum absolute atomic E-state index is 0.293. The predicted octanol–water partition coefficient (Wildman–Crippen LogP) is 2.32. The van der Waals surface area contributed by atoms with Crippen LogP contribution < -0.4 is 0 Å². The van der Waals surface area contributed by atoms with E-state index in [1.807, 2.05) is 4.68 Å². The Labute approximate surface area is 90.9 Å². The van der Waals surface area contributed by atoms with Gasteiger partial charge in [-0.05, 0) is 18.3 Å². The molecule has 4 heteroatoms. The van der Waals surface area contributed by atoms with Crippen molar-refractivity contribution in [2.45, 2.75) is 46.6 Å². The van der Waals surface area contributed by atoms with E-state index < -0.39 is 0 Å².